The van der Waals surface area contributed by atoms with E-state index in [1.165, 1.54) is 0 Å². The maximum atomic E-state index is 5.59. The highest BCUT2D eigenvalue weighted by Gasteiger charge is 2.09. The average molecular weight is 374 g/mol. The van der Waals surface area contributed by atoms with Gasteiger partial charge < -0.3 is 9.47 Å². The Morgan fingerprint density at radius 3 is 2.61 bits per heavy atom. The van der Waals surface area contributed by atoms with E-state index in [0.29, 0.717) is 16.1 Å². The van der Waals surface area contributed by atoms with Crippen LogP contribution in [0.25, 0.3) is 0 Å². The zero-order valence-corrected chi connectivity index (χ0v) is 12.9. The van der Waals surface area contributed by atoms with E-state index in [-0.39, 0.29) is 6.01 Å². The highest BCUT2D eigenvalue weighted by molar-refractivity contribution is 9.10. The minimum Gasteiger partial charge on any atom is -0.480 e. The zero-order valence-electron chi connectivity index (χ0n) is 9.78. The monoisotopic (exact) mass is 372 g/mol. The van der Waals surface area contributed by atoms with Gasteiger partial charge in [-0.1, -0.05) is 6.07 Å². The molecule has 0 aliphatic carbocycles. The van der Waals surface area contributed by atoms with Crippen molar-refractivity contribution in [3.05, 3.63) is 38.9 Å². The Hall–Kier alpha value is -1.14. The van der Waals surface area contributed by atoms with Gasteiger partial charge in [0, 0.05) is 0 Å². The van der Waals surface area contributed by atoms with Crippen LogP contribution >= 0.6 is 31.9 Å². The van der Waals surface area contributed by atoms with Crippen molar-refractivity contribution in [1.29, 1.82) is 0 Å². The first-order chi connectivity index (χ1) is 8.60. The van der Waals surface area contributed by atoms with Gasteiger partial charge in [0.1, 0.15) is 5.75 Å². The predicted octanol–water partition coefficient (Wildman–Crippen LogP) is 4.11. The number of ether oxygens (including phenoxy) is 2. The van der Waals surface area contributed by atoms with Crippen LogP contribution in [0.3, 0.4) is 0 Å². The van der Waals surface area contributed by atoms with Crippen LogP contribution in [0.2, 0.25) is 0 Å². The van der Waals surface area contributed by atoms with Crippen molar-refractivity contribution in [1.82, 2.24) is 9.97 Å². The average Bonchev–Trinajstić information content (AvgIpc) is 2.35. The van der Waals surface area contributed by atoms with Crippen LogP contribution in [0, 0.1) is 6.92 Å². The molecule has 4 nitrogen and oxygen atoms in total. The van der Waals surface area contributed by atoms with Gasteiger partial charge in [-0.2, -0.15) is 4.98 Å². The second-order valence-electron chi connectivity index (χ2n) is 3.55. The molecule has 0 N–H and O–H groups in total. The van der Waals surface area contributed by atoms with Crippen LogP contribution in [0.15, 0.2) is 33.3 Å². The third kappa shape index (κ3) is 3.00. The summed E-state index contributed by atoms with van der Waals surface area (Å²) in [5.41, 5.74) is 1.14. The van der Waals surface area contributed by atoms with E-state index in [1.54, 1.807) is 13.3 Å². The van der Waals surface area contributed by atoms with Crippen LogP contribution in [-0.4, -0.2) is 17.1 Å². The summed E-state index contributed by atoms with van der Waals surface area (Å²) in [6.07, 6.45) is 1.59. The van der Waals surface area contributed by atoms with E-state index in [2.05, 4.69) is 41.8 Å². The number of hydrogen-bond donors (Lipinski definition) is 0. The van der Waals surface area contributed by atoms with Crippen molar-refractivity contribution < 1.29 is 9.47 Å². The zero-order chi connectivity index (χ0) is 13.1. The Kier molecular flexibility index (Phi) is 4.19. The summed E-state index contributed by atoms with van der Waals surface area (Å²) in [6.45, 7) is 2.01. The normalized spacial score (nSPS) is 10.2. The summed E-state index contributed by atoms with van der Waals surface area (Å²) in [4.78, 5) is 8.19. The number of rotatable bonds is 3. The first-order valence-electron chi connectivity index (χ1n) is 5.10. The van der Waals surface area contributed by atoms with Gasteiger partial charge in [0.2, 0.25) is 5.88 Å². The van der Waals surface area contributed by atoms with Gasteiger partial charge in [0.25, 0.3) is 0 Å². The highest BCUT2D eigenvalue weighted by atomic mass is 79.9. The number of aryl methyl sites for hydroxylation is 1. The van der Waals surface area contributed by atoms with Crippen molar-refractivity contribution in [3.63, 3.8) is 0 Å². The maximum absolute atomic E-state index is 5.59. The molecule has 0 spiro atoms. The summed E-state index contributed by atoms with van der Waals surface area (Å²) >= 11 is 6.72. The van der Waals surface area contributed by atoms with Crippen molar-refractivity contribution in [2.24, 2.45) is 0 Å². The van der Waals surface area contributed by atoms with Gasteiger partial charge in [0.05, 0.1) is 22.3 Å². The number of benzene rings is 1. The molecule has 1 aromatic heterocycles. The van der Waals surface area contributed by atoms with Crippen molar-refractivity contribution in [2.45, 2.75) is 6.92 Å². The van der Waals surface area contributed by atoms with Gasteiger partial charge in [0.15, 0.2) is 0 Å². The molecule has 0 amide bonds. The molecule has 0 aliphatic heterocycles. The number of aromatic nitrogens is 2. The molecular weight excluding hydrogens is 364 g/mol. The molecule has 0 bridgehead atoms. The predicted molar refractivity (Wildman–Crippen MR) is 75.2 cm³/mol. The molecule has 0 saturated carbocycles. The Morgan fingerprint density at radius 1 is 1.17 bits per heavy atom. The number of hydrogen-bond acceptors (Lipinski definition) is 4. The molecule has 0 radical (unpaired) electrons. The van der Waals surface area contributed by atoms with E-state index in [0.717, 1.165) is 10.0 Å². The third-order valence-corrected chi connectivity index (χ3v) is 3.34. The maximum Gasteiger partial charge on any atom is 0.325 e. The van der Waals surface area contributed by atoms with E-state index in [4.69, 9.17) is 9.47 Å². The molecule has 2 aromatic rings. The minimum atomic E-state index is 0.236. The lowest BCUT2D eigenvalue weighted by Gasteiger charge is -2.08. The van der Waals surface area contributed by atoms with Gasteiger partial charge in [-0.25, -0.2) is 4.98 Å². The Morgan fingerprint density at radius 2 is 1.94 bits per heavy atom. The van der Waals surface area contributed by atoms with E-state index in [9.17, 15) is 0 Å². The Balaban J connectivity index is 2.28. The van der Waals surface area contributed by atoms with Gasteiger partial charge in [-0.05, 0) is 56.5 Å². The molecule has 94 valence electrons. The lowest BCUT2D eigenvalue weighted by molar-refractivity contribution is 0.373. The Labute approximate surface area is 122 Å². The first-order valence-corrected chi connectivity index (χ1v) is 6.69. The molecule has 18 heavy (non-hydrogen) atoms. The first kappa shape index (κ1) is 13.3. The standard InChI is InChI=1S/C12H10Br2N2O2/c1-7-3-4-10(8(13)5-7)18-12-15-6-9(14)11(16-12)17-2/h3-6H,1-2H3. The van der Waals surface area contributed by atoms with Crippen LogP contribution < -0.4 is 9.47 Å². The minimum absolute atomic E-state index is 0.236. The van der Waals surface area contributed by atoms with Gasteiger partial charge in [-0.3, -0.25) is 0 Å². The number of methoxy groups -OCH3 is 1. The molecule has 0 aliphatic rings. The van der Waals surface area contributed by atoms with Crippen LogP contribution in [0.5, 0.6) is 17.6 Å². The van der Waals surface area contributed by atoms with E-state index < -0.39 is 0 Å². The number of nitrogens with zero attached hydrogens (tertiary/aromatic N) is 2. The molecule has 2 rings (SSSR count). The second-order valence-corrected chi connectivity index (χ2v) is 5.25. The fraction of sp³-hybridized carbons (Fsp3) is 0.167. The number of halogens is 2. The summed E-state index contributed by atoms with van der Waals surface area (Å²) in [7, 11) is 1.54. The molecular formula is C12H10Br2N2O2. The summed E-state index contributed by atoms with van der Waals surface area (Å²) in [5.74, 6) is 1.09. The lowest BCUT2D eigenvalue weighted by atomic mass is 10.2. The van der Waals surface area contributed by atoms with Crippen LogP contribution in [0.1, 0.15) is 5.56 Å². The quantitative estimate of drug-likeness (QED) is 0.811. The topological polar surface area (TPSA) is 44.2 Å². The molecule has 6 heteroatoms. The van der Waals surface area contributed by atoms with Crippen molar-refractivity contribution >= 4 is 31.9 Å². The molecule has 0 atom stereocenters. The molecule has 1 aromatic carbocycles. The Bertz CT molecular complexity index is 576. The SMILES string of the molecule is COc1nc(Oc2ccc(C)cc2Br)ncc1Br. The van der Waals surface area contributed by atoms with Gasteiger partial charge >= 0.3 is 6.01 Å². The van der Waals surface area contributed by atoms with E-state index in [1.807, 2.05) is 25.1 Å². The van der Waals surface area contributed by atoms with Crippen molar-refractivity contribution in [3.8, 4) is 17.6 Å². The summed E-state index contributed by atoms with van der Waals surface area (Å²) in [6, 6.07) is 6.01. The smallest absolute Gasteiger partial charge is 0.325 e. The molecule has 0 saturated heterocycles. The van der Waals surface area contributed by atoms with Crippen LogP contribution in [0.4, 0.5) is 0 Å². The summed E-state index contributed by atoms with van der Waals surface area (Å²) in [5, 5.41) is 0. The second kappa shape index (κ2) is 5.67. The van der Waals surface area contributed by atoms with E-state index >= 15 is 0 Å². The molecule has 0 unspecified atom stereocenters. The summed E-state index contributed by atoms with van der Waals surface area (Å²) < 4.78 is 12.2. The fourth-order valence-electron chi connectivity index (χ4n) is 1.32. The largest absolute Gasteiger partial charge is 0.480 e. The highest BCUT2D eigenvalue weighted by Crippen LogP contribution is 2.30. The lowest BCUT2D eigenvalue weighted by Crippen LogP contribution is -1.96. The fourth-order valence-corrected chi connectivity index (χ4v) is 2.24. The van der Waals surface area contributed by atoms with Gasteiger partial charge in [-0.15, -0.1) is 0 Å². The van der Waals surface area contributed by atoms with Crippen LogP contribution in [-0.2, 0) is 0 Å². The molecule has 0 fully saturated rings. The van der Waals surface area contributed by atoms with Crippen molar-refractivity contribution in [2.75, 3.05) is 7.11 Å². The third-order valence-electron chi connectivity index (χ3n) is 2.17. The molecule has 1 heterocycles.